The minimum Gasteiger partial charge on any atom is -0.349 e. The molecule has 2 N–H and O–H groups in total. The molecule has 3 heterocycles. The van der Waals surface area contributed by atoms with Crippen LogP contribution in [0.25, 0.3) is 11.0 Å². The number of rotatable bonds is 3. The van der Waals surface area contributed by atoms with Gasteiger partial charge in [0.15, 0.2) is 5.65 Å². The van der Waals surface area contributed by atoms with E-state index in [0.29, 0.717) is 18.5 Å². The Hall–Kier alpha value is -2.01. The number of hydrogen-bond acceptors (Lipinski definition) is 4. The molecule has 0 spiro atoms. The van der Waals surface area contributed by atoms with Crippen molar-refractivity contribution in [3.8, 4) is 0 Å². The van der Waals surface area contributed by atoms with Gasteiger partial charge in [0, 0.05) is 17.6 Å². The molecule has 23 heavy (non-hydrogen) atoms. The molecule has 2 aliphatic rings. The molecular formula is C18H22N4O. The molecule has 4 rings (SSSR count). The van der Waals surface area contributed by atoms with Crippen molar-refractivity contribution < 1.29 is 4.79 Å². The first-order valence-corrected chi connectivity index (χ1v) is 8.54. The van der Waals surface area contributed by atoms with Crippen LogP contribution >= 0.6 is 0 Å². The highest BCUT2D eigenvalue weighted by Gasteiger charge is 2.37. The van der Waals surface area contributed by atoms with Crippen LogP contribution in [0.1, 0.15) is 37.8 Å². The summed E-state index contributed by atoms with van der Waals surface area (Å²) in [6, 6.07) is 8.34. The van der Waals surface area contributed by atoms with E-state index >= 15 is 0 Å². The van der Waals surface area contributed by atoms with E-state index in [2.05, 4.69) is 20.6 Å². The summed E-state index contributed by atoms with van der Waals surface area (Å²) in [6.45, 7) is 0.457. The number of amides is 1. The summed E-state index contributed by atoms with van der Waals surface area (Å²) in [5.74, 6) is 0.782. The molecule has 2 fully saturated rings. The van der Waals surface area contributed by atoms with Crippen LogP contribution < -0.4 is 10.6 Å². The van der Waals surface area contributed by atoms with Crippen LogP contribution in [-0.2, 0) is 11.3 Å². The fourth-order valence-electron chi connectivity index (χ4n) is 3.91. The summed E-state index contributed by atoms with van der Waals surface area (Å²) in [6.07, 6.45) is 7.79. The van der Waals surface area contributed by atoms with E-state index in [4.69, 9.17) is 0 Å². The van der Waals surface area contributed by atoms with Crippen LogP contribution in [0.2, 0.25) is 0 Å². The van der Waals surface area contributed by atoms with Gasteiger partial charge in [0.1, 0.15) is 0 Å². The van der Waals surface area contributed by atoms with Crippen LogP contribution in [0, 0.1) is 5.92 Å². The van der Waals surface area contributed by atoms with E-state index in [1.807, 2.05) is 24.3 Å². The highest BCUT2D eigenvalue weighted by atomic mass is 16.2. The summed E-state index contributed by atoms with van der Waals surface area (Å²) in [7, 11) is 0. The minimum absolute atomic E-state index is 0.0401. The normalized spacial score (nSPS) is 26.9. The summed E-state index contributed by atoms with van der Waals surface area (Å²) < 4.78 is 0. The van der Waals surface area contributed by atoms with Crippen molar-refractivity contribution >= 4 is 16.9 Å². The fourth-order valence-corrected chi connectivity index (χ4v) is 3.91. The Morgan fingerprint density at radius 2 is 2.17 bits per heavy atom. The van der Waals surface area contributed by atoms with Gasteiger partial charge in [0.2, 0.25) is 5.91 Å². The lowest BCUT2D eigenvalue weighted by molar-refractivity contribution is -0.123. The predicted molar refractivity (Wildman–Crippen MR) is 88.7 cm³/mol. The van der Waals surface area contributed by atoms with Gasteiger partial charge in [-0.05, 0) is 49.4 Å². The quantitative estimate of drug-likeness (QED) is 0.912. The summed E-state index contributed by atoms with van der Waals surface area (Å²) in [4.78, 5) is 21.2. The Bertz CT molecular complexity index is 703. The van der Waals surface area contributed by atoms with Crippen molar-refractivity contribution in [2.24, 2.45) is 5.92 Å². The number of hydrogen-bond donors (Lipinski definition) is 2. The van der Waals surface area contributed by atoms with Gasteiger partial charge in [-0.25, -0.2) is 9.97 Å². The molecule has 2 aromatic heterocycles. The SMILES string of the molecule is O=C(NCc1ccc2cccnc2n1)[C@@H]1C[C@@H]2CCCC[C@@H]2N1. The van der Waals surface area contributed by atoms with Crippen molar-refractivity contribution in [2.45, 2.75) is 50.7 Å². The predicted octanol–water partition coefficient (Wildman–Crippen LogP) is 2.17. The summed E-state index contributed by atoms with van der Waals surface area (Å²) in [5.41, 5.74) is 1.57. The molecule has 1 saturated heterocycles. The highest BCUT2D eigenvalue weighted by Crippen LogP contribution is 2.33. The second-order valence-corrected chi connectivity index (χ2v) is 6.68. The van der Waals surface area contributed by atoms with Crippen molar-refractivity contribution in [2.75, 3.05) is 0 Å². The number of nitrogens with zero attached hydrogens (tertiary/aromatic N) is 2. The zero-order valence-corrected chi connectivity index (χ0v) is 13.2. The van der Waals surface area contributed by atoms with Crippen molar-refractivity contribution in [3.05, 3.63) is 36.2 Å². The third-order valence-corrected chi connectivity index (χ3v) is 5.14. The summed E-state index contributed by atoms with van der Waals surface area (Å²) in [5, 5.41) is 7.56. The Kier molecular flexibility index (Phi) is 3.95. The van der Waals surface area contributed by atoms with E-state index < -0.39 is 0 Å². The minimum atomic E-state index is -0.0401. The fraction of sp³-hybridized carbons (Fsp3) is 0.500. The maximum Gasteiger partial charge on any atom is 0.237 e. The van der Waals surface area contributed by atoms with E-state index in [1.54, 1.807) is 6.20 Å². The molecule has 1 amide bonds. The number of fused-ring (bicyclic) bond motifs is 2. The number of carbonyl (C=O) groups excluding carboxylic acids is 1. The molecule has 1 aliphatic carbocycles. The lowest BCUT2D eigenvalue weighted by Crippen LogP contribution is -2.43. The molecule has 2 aromatic rings. The molecule has 0 radical (unpaired) electrons. The highest BCUT2D eigenvalue weighted by molar-refractivity contribution is 5.82. The Morgan fingerprint density at radius 3 is 3.09 bits per heavy atom. The van der Waals surface area contributed by atoms with Crippen molar-refractivity contribution in [1.82, 2.24) is 20.6 Å². The Morgan fingerprint density at radius 1 is 1.26 bits per heavy atom. The largest absolute Gasteiger partial charge is 0.349 e. The number of carbonyl (C=O) groups is 1. The molecular weight excluding hydrogens is 288 g/mol. The Labute approximate surface area is 135 Å². The molecule has 5 heteroatoms. The van der Waals surface area contributed by atoms with E-state index in [9.17, 15) is 4.79 Å². The van der Waals surface area contributed by atoms with E-state index in [0.717, 1.165) is 23.1 Å². The maximum atomic E-state index is 12.4. The lowest BCUT2D eigenvalue weighted by atomic mass is 9.85. The van der Waals surface area contributed by atoms with Gasteiger partial charge >= 0.3 is 0 Å². The third-order valence-electron chi connectivity index (χ3n) is 5.14. The maximum absolute atomic E-state index is 12.4. The second-order valence-electron chi connectivity index (χ2n) is 6.68. The summed E-state index contributed by atoms with van der Waals surface area (Å²) >= 11 is 0. The zero-order valence-electron chi connectivity index (χ0n) is 13.2. The van der Waals surface area contributed by atoms with Gasteiger partial charge in [-0.15, -0.1) is 0 Å². The number of pyridine rings is 2. The van der Waals surface area contributed by atoms with Crippen LogP contribution in [0.15, 0.2) is 30.5 Å². The van der Waals surface area contributed by atoms with Crippen LogP contribution in [0.4, 0.5) is 0 Å². The molecule has 1 aliphatic heterocycles. The standard InChI is InChI=1S/C18H22N4O/c23-18(16-10-13-4-1-2-6-15(13)22-16)20-11-14-8-7-12-5-3-9-19-17(12)21-14/h3,5,7-9,13,15-16,22H,1-2,4,6,10-11H2,(H,20,23)/t13-,15-,16-/m0/s1. The van der Waals surface area contributed by atoms with Crippen molar-refractivity contribution in [3.63, 3.8) is 0 Å². The molecule has 120 valence electrons. The van der Waals surface area contributed by atoms with Gasteiger partial charge in [-0.2, -0.15) is 0 Å². The molecule has 5 nitrogen and oxygen atoms in total. The van der Waals surface area contributed by atoms with E-state index in [-0.39, 0.29) is 11.9 Å². The molecule has 1 saturated carbocycles. The Balaban J connectivity index is 1.37. The molecule has 0 unspecified atom stereocenters. The van der Waals surface area contributed by atoms with E-state index in [1.165, 1.54) is 25.7 Å². The number of nitrogens with one attached hydrogen (secondary N) is 2. The molecule has 0 bridgehead atoms. The van der Waals surface area contributed by atoms with Gasteiger partial charge in [0.25, 0.3) is 0 Å². The molecule has 3 atom stereocenters. The first kappa shape index (κ1) is 14.6. The average molecular weight is 310 g/mol. The van der Waals surface area contributed by atoms with Gasteiger partial charge in [-0.1, -0.05) is 12.8 Å². The van der Waals surface area contributed by atoms with Gasteiger partial charge in [0.05, 0.1) is 18.3 Å². The zero-order chi connectivity index (χ0) is 15.6. The van der Waals surface area contributed by atoms with Crippen LogP contribution in [0.3, 0.4) is 0 Å². The van der Waals surface area contributed by atoms with Crippen LogP contribution in [-0.4, -0.2) is 28.0 Å². The lowest BCUT2D eigenvalue weighted by Gasteiger charge is -2.24. The van der Waals surface area contributed by atoms with Gasteiger partial charge in [-0.3, -0.25) is 4.79 Å². The smallest absolute Gasteiger partial charge is 0.237 e. The van der Waals surface area contributed by atoms with Crippen molar-refractivity contribution in [1.29, 1.82) is 0 Å². The van der Waals surface area contributed by atoms with Gasteiger partial charge < -0.3 is 10.6 Å². The van der Waals surface area contributed by atoms with Crippen LogP contribution in [0.5, 0.6) is 0 Å². The monoisotopic (exact) mass is 310 g/mol. The first-order chi connectivity index (χ1) is 11.3. The first-order valence-electron chi connectivity index (χ1n) is 8.54. The topological polar surface area (TPSA) is 66.9 Å². The second kappa shape index (κ2) is 6.24. The average Bonchev–Trinajstić information content (AvgIpc) is 3.04. The molecule has 0 aromatic carbocycles. The number of aromatic nitrogens is 2. The third kappa shape index (κ3) is 3.06.